The number of aromatic nitrogens is 1. The van der Waals surface area contributed by atoms with Gasteiger partial charge in [0.15, 0.2) is 18.9 Å². The predicted molar refractivity (Wildman–Crippen MR) is 202 cm³/mol. The Morgan fingerprint density at radius 3 is 0.750 bits per heavy atom. The fourth-order valence-corrected chi connectivity index (χ4v) is 7.46. The summed E-state index contributed by atoms with van der Waals surface area (Å²) in [6.45, 7) is 0.410. The molecule has 0 atom stereocenters. The monoisotopic (exact) mass is 1070 g/mol. The van der Waals surface area contributed by atoms with Gasteiger partial charge >= 0.3 is 49.4 Å². The lowest BCUT2D eigenvalue weighted by Gasteiger charge is -2.46. The normalized spacial score (nSPS) is 13.5. The molecule has 0 amide bonds. The first-order valence-electron chi connectivity index (χ1n) is 19.3. The minimum atomic E-state index is -6.13. The number of nitrogens with zero attached hydrogens (tertiary/aromatic N) is 1. The third-order valence-corrected chi connectivity index (χ3v) is 10.6. The molecule has 28 heteroatoms. The van der Waals surface area contributed by atoms with Gasteiger partial charge in [-0.25, -0.2) is 13.3 Å². The van der Waals surface area contributed by atoms with E-state index in [1.807, 2.05) is 35.2 Å². The third-order valence-electron chi connectivity index (χ3n) is 10.6. The average Bonchev–Trinajstić information content (AvgIpc) is 3.23. The minimum absolute atomic E-state index is 0.410. The highest BCUT2D eigenvalue weighted by Gasteiger charge is 2.47. The van der Waals surface area contributed by atoms with Gasteiger partial charge in [0, 0.05) is 18.2 Å². The first kappa shape index (κ1) is 56.4. The standard InChI is InChI=1S/C32H12BF24.C12H10F2N/c34-25(35,36)13-1-14(26(37,38)39)6-21(5-13)33(22-7-15(27(40,41)42)2-16(8-22)28(43,44)45,23-9-17(29(46,47)48)3-18(10-23)30(49,50)51)24-11-19(31(52,53)54)4-20(12-24)32(55,56)57;13-11-5-4-10(12(14)8-11)9-15-6-2-1-3-7-15/h1-12H;1-8H,9H2/q-1;+1. The molecule has 0 N–H and O–H groups in total. The Balaban J connectivity index is 0.000000542. The van der Waals surface area contributed by atoms with Crippen molar-refractivity contribution < 1.29 is 119 Å². The van der Waals surface area contributed by atoms with Gasteiger partial charge in [-0.05, 0) is 36.4 Å². The van der Waals surface area contributed by atoms with Crippen LogP contribution in [-0.4, -0.2) is 6.15 Å². The summed E-state index contributed by atoms with van der Waals surface area (Å²) in [5, 5.41) is 0. The molecule has 1 nitrogen and oxygen atoms in total. The number of alkyl halides is 24. The number of hydrogen-bond donors (Lipinski definition) is 0. The molecule has 0 saturated heterocycles. The highest BCUT2D eigenvalue weighted by molar-refractivity contribution is 7.20. The molecular weight excluding hydrogens is 1050 g/mol. The van der Waals surface area contributed by atoms with Gasteiger partial charge < -0.3 is 0 Å². The SMILES string of the molecule is FC(F)(F)c1cc([B-](c2cc(C(F)(F)F)cc(C(F)(F)F)c2)(c2cc(C(F)(F)F)cc(C(F)(F)F)c2)c2cc(C(F)(F)F)cc(C(F)(F)F)c2)cc(C(F)(F)F)c1.Fc1ccc(C[n+]2ccccc2)c(F)c1. The van der Waals surface area contributed by atoms with E-state index in [2.05, 4.69) is 0 Å². The first-order valence-corrected chi connectivity index (χ1v) is 19.3. The Labute approximate surface area is 385 Å². The molecule has 72 heavy (non-hydrogen) atoms. The maximum atomic E-state index is 14.2. The van der Waals surface area contributed by atoms with Gasteiger partial charge in [-0.2, -0.15) is 127 Å². The molecule has 6 aromatic rings. The summed E-state index contributed by atoms with van der Waals surface area (Å²) in [5.74, 6) is -1.05. The van der Waals surface area contributed by atoms with Crippen LogP contribution in [0.2, 0.25) is 0 Å². The average molecular weight is 1070 g/mol. The van der Waals surface area contributed by atoms with Crippen LogP contribution in [0.3, 0.4) is 0 Å². The van der Waals surface area contributed by atoms with Gasteiger partial charge in [0.2, 0.25) is 0 Å². The predicted octanol–water partition coefficient (Wildman–Crippen LogP) is 13.5. The second-order valence-corrected chi connectivity index (χ2v) is 15.5. The molecule has 6 rings (SSSR count). The van der Waals surface area contributed by atoms with Crippen LogP contribution in [-0.2, 0) is 56.0 Å². The molecule has 0 unspecified atom stereocenters. The summed E-state index contributed by atoms with van der Waals surface area (Å²) in [6, 6.07) is 0.432. The lowest BCUT2D eigenvalue weighted by Crippen LogP contribution is -2.75. The van der Waals surface area contributed by atoms with E-state index >= 15 is 0 Å². The van der Waals surface area contributed by atoms with E-state index in [-0.39, 0.29) is 0 Å². The molecular formula is C44H22BF26N. The summed E-state index contributed by atoms with van der Waals surface area (Å²) >= 11 is 0. The fraction of sp³-hybridized carbons (Fsp3) is 0.205. The Morgan fingerprint density at radius 1 is 0.306 bits per heavy atom. The maximum Gasteiger partial charge on any atom is 0.416 e. The molecule has 388 valence electrons. The molecule has 0 saturated carbocycles. The lowest BCUT2D eigenvalue weighted by atomic mass is 9.12. The van der Waals surface area contributed by atoms with Crippen molar-refractivity contribution in [1.29, 1.82) is 0 Å². The van der Waals surface area contributed by atoms with Crippen LogP contribution in [0.4, 0.5) is 114 Å². The molecule has 5 aromatic carbocycles. The van der Waals surface area contributed by atoms with Crippen molar-refractivity contribution >= 4 is 28.0 Å². The quantitative estimate of drug-likeness (QED) is 0.0889. The zero-order chi connectivity index (χ0) is 54.6. The number of benzene rings is 5. The molecule has 0 aliphatic rings. The van der Waals surface area contributed by atoms with E-state index in [1.165, 1.54) is 12.1 Å². The minimum Gasteiger partial charge on any atom is -0.207 e. The van der Waals surface area contributed by atoms with E-state index in [4.69, 9.17) is 0 Å². The van der Waals surface area contributed by atoms with Crippen molar-refractivity contribution in [2.45, 2.75) is 56.0 Å². The van der Waals surface area contributed by atoms with E-state index in [1.54, 1.807) is 0 Å². The van der Waals surface area contributed by atoms with E-state index in [0.717, 1.165) is 6.07 Å². The topological polar surface area (TPSA) is 3.88 Å². The second kappa shape index (κ2) is 19.2. The van der Waals surface area contributed by atoms with Gasteiger partial charge in [-0.3, -0.25) is 0 Å². The summed E-state index contributed by atoms with van der Waals surface area (Å²) in [4.78, 5) is 0. The summed E-state index contributed by atoms with van der Waals surface area (Å²) in [6.07, 6.45) is -51.1. The second-order valence-electron chi connectivity index (χ2n) is 15.5. The lowest BCUT2D eigenvalue weighted by molar-refractivity contribution is -0.688. The Morgan fingerprint density at radius 2 is 0.542 bits per heavy atom. The van der Waals surface area contributed by atoms with Crippen LogP contribution in [0, 0.1) is 11.6 Å². The van der Waals surface area contributed by atoms with Crippen LogP contribution in [0.25, 0.3) is 0 Å². The van der Waals surface area contributed by atoms with Crippen molar-refractivity contribution in [2.24, 2.45) is 0 Å². The Bertz CT molecular complexity index is 2460. The number of rotatable bonds is 6. The van der Waals surface area contributed by atoms with Crippen LogP contribution in [0.15, 0.2) is 122 Å². The van der Waals surface area contributed by atoms with Crippen molar-refractivity contribution in [3.63, 3.8) is 0 Å². The van der Waals surface area contributed by atoms with Gasteiger partial charge in [0.25, 0.3) is 0 Å². The largest absolute Gasteiger partial charge is 0.416 e. The zero-order valence-corrected chi connectivity index (χ0v) is 34.6. The van der Waals surface area contributed by atoms with Gasteiger partial charge in [-0.15, -0.1) is 0 Å². The van der Waals surface area contributed by atoms with E-state index in [9.17, 15) is 114 Å². The molecule has 1 heterocycles. The Hall–Kier alpha value is -6.51. The zero-order valence-electron chi connectivity index (χ0n) is 34.6. The molecule has 0 radical (unpaired) electrons. The molecule has 1 aromatic heterocycles. The van der Waals surface area contributed by atoms with E-state index < -0.39 is 206 Å². The highest BCUT2D eigenvalue weighted by Crippen LogP contribution is 2.41. The summed E-state index contributed by atoms with van der Waals surface area (Å²) in [7, 11) is 0. The van der Waals surface area contributed by atoms with Crippen LogP contribution >= 0.6 is 0 Å². The van der Waals surface area contributed by atoms with Gasteiger partial charge in [0.05, 0.1) is 50.1 Å². The van der Waals surface area contributed by atoms with Crippen molar-refractivity contribution in [3.05, 3.63) is 183 Å². The maximum absolute atomic E-state index is 14.2. The molecule has 0 aliphatic heterocycles. The van der Waals surface area contributed by atoms with Crippen LogP contribution in [0.5, 0.6) is 0 Å². The fourth-order valence-electron chi connectivity index (χ4n) is 7.46. The summed E-state index contributed by atoms with van der Waals surface area (Å²) < 4.78 is 369. The first-order chi connectivity index (χ1) is 32.5. The van der Waals surface area contributed by atoms with Gasteiger partial charge in [0.1, 0.15) is 17.8 Å². The van der Waals surface area contributed by atoms with Crippen LogP contribution in [0.1, 0.15) is 50.1 Å². The number of halogens is 26. The van der Waals surface area contributed by atoms with Crippen molar-refractivity contribution in [1.82, 2.24) is 0 Å². The smallest absolute Gasteiger partial charge is 0.207 e. The van der Waals surface area contributed by atoms with E-state index in [0.29, 0.717) is 12.1 Å². The molecule has 0 fully saturated rings. The number of pyridine rings is 1. The third kappa shape index (κ3) is 12.9. The molecule has 0 spiro atoms. The highest BCUT2D eigenvalue weighted by atomic mass is 19.4. The van der Waals surface area contributed by atoms with Crippen LogP contribution < -0.4 is 26.4 Å². The molecule has 0 bridgehead atoms. The molecule has 0 aliphatic carbocycles. The van der Waals surface area contributed by atoms with Gasteiger partial charge in [-0.1, -0.05) is 54.6 Å². The number of hydrogen-bond acceptors (Lipinski definition) is 0. The van der Waals surface area contributed by atoms with Crippen molar-refractivity contribution in [2.75, 3.05) is 0 Å². The van der Waals surface area contributed by atoms with Crippen molar-refractivity contribution in [3.8, 4) is 0 Å². The Kier molecular flexibility index (Phi) is 15.0. The summed E-state index contributed by atoms with van der Waals surface area (Å²) in [5.41, 5.74) is -29.7.